The largest absolute Gasteiger partial charge is 0.397 e. The molecular formula is C14H8F3N3O. The van der Waals surface area contributed by atoms with Gasteiger partial charge in [0, 0.05) is 5.56 Å². The van der Waals surface area contributed by atoms with Crippen molar-refractivity contribution < 1.29 is 18.0 Å². The van der Waals surface area contributed by atoms with Gasteiger partial charge in [-0.2, -0.15) is 5.26 Å². The third-order valence-electron chi connectivity index (χ3n) is 2.67. The Bertz CT molecular complexity index is 746. The van der Waals surface area contributed by atoms with E-state index in [9.17, 15) is 18.0 Å². The van der Waals surface area contributed by atoms with Crippen LogP contribution in [0, 0.1) is 28.8 Å². The Kier molecular flexibility index (Phi) is 3.80. The summed E-state index contributed by atoms with van der Waals surface area (Å²) >= 11 is 0. The molecule has 1 amide bonds. The molecule has 0 fully saturated rings. The Morgan fingerprint density at radius 1 is 1.14 bits per heavy atom. The van der Waals surface area contributed by atoms with Crippen LogP contribution in [0.25, 0.3) is 0 Å². The molecule has 3 N–H and O–H groups in total. The zero-order valence-electron chi connectivity index (χ0n) is 10.5. The van der Waals surface area contributed by atoms with Gasteiger partial charge >= 0.3 is 0 Å². The number of nitrogens with zero attached hydrogens (tertiary/aromatic N) is 1. The lowest BCUT2D eigenvalue weighted by atomic mass is 10.1. The highest BCUT2D eigenvalue weighted by Gasteiger charge is 2.15. The first-order chi connectivity index (χ1) is 9.92. The molecule has 0 saturated heterocycles. The molecule has 0 bridgehead atoms. The van der Waals surface area contributed by atoms with Crippen LogP contribution in [-0.2, 0) is 0 Å². The third kappa shape index (κ3) is 2.95. The van der Waals surface area contributed by atoms with E-state index in [1.165, 1.54) is 18.2 Å². The molecule has 0 aliphatic rings. The zero-order chi connectivity index (χ0) is 15.6. The van der Waals surface area contributed by atoms with Gasteiger partial charge in [-0.25, -0.2) is 13.2 Å². The molecule has 21 heavy (non-hydrogen) atoms. The van der Waals surface area contributed by atoms with Crippen molar-refractivity contribution in [2.24, 2.45) is 0 Å². The standard InChI is InChI=1S/C14H8F3N3O/c15-9-4-8(5-10(16)13(9)17)14(21)20-12-2-1-7(6-18)3-11(12)19/h1-5H,19H2,(H,20,21). The molecule has 106 valence electrons. The minimum atomic E-state index is -1.65. The predicted octanol–water partition coefficient (Wildman–Crippen LogP) is 2.81. The molecule has 0 unspecified atom stereocenters. The van der Waals surface area contributed by atoms with Gasteiger partial charge in [0.15, 0.2) is 17.5 Å². The number of carbonyl (C=O) groups is 1. The van der Waals surface area contributed by atoms with Gasteiger partial charge in [-0.05, 0) is 30.3 Å². The van der Waals surface area contributed by atoms with Crippen LogP contribution in [0.1, 0.15) is 15.9 Å². The number of nitrogen functional groups attached to an aromatic ring is 1. The minimum absolute atomic E-state index is 0.116. The first-order valence-electron chi connectivity index (χ1n) is 5.68. The molecule has 7 heteroatoms. The van der Waals surface area contributed by atoms with E-state index >= 15 is 0 Å². The molecule has 2 aromatic carbocycles. The molecule has 4 nitrogen and oxygen atoms in total. The highest BCUT2D eigenvalue weighted by Crippen LogP contribution is 2.21. The van der Waals surface area contributed by atoms with E-state index in [1.807, 2.05) is 6.07 Å². The number of amides is 1. The van der Waals surface area contributed by atoms with E-state index in [0.29, 0.717) is 17.7 Å². The molecule has 0 saturated carbocycles. The number of hydrogen-bond donors (Lipinski definition) is 2. The van der Waals surface area contributed by atoms with Crippen LogP contribution in [0.4, 0.5) is 24.5 Å². The maximum Gasteiger partial charge on any atom is 0.255 e. The second-order valence-corrected chi connectivity index (χ2v) is 4.12. The van der Waals surface area contributed by atoms with Gasteiger partial charge in [-0.1, -0.05) is 0 Å². The quantitative estimate of drug-likeness (QED) is 0.659. The zero-order valence-corrected chi connectivity index (χ0v) is 10.5. The van der Waals surface area contributed by atoms with Gasteiger partial charge in [0.2, 0.25) is 0 Å². The van der Waals surface area contributed by atoms with Crippen LogP contribution in [-0.4, -0.2) is 5.91 Å². The average Bonchev–Trinajstić information content (AvgIpc) is 2.46. The van der Waals surface area contributed by atoms with Crippen molar-refractivity contribution in [2.75, 3.05) is 11.1 Å². The fourth-order valence-electron chi connectivity index (χ4n) is 1.63. The van der Waals surface area contributed by atoms with Gasteiger partial charge in [0.05, 0.1) is 23.0 Å². The van der Waals surface area contributed by atoms with E-state index in [0.717, 1.165) is 0 Å². The number of nitriles is 1. The van der Waals surface area contributed by atoms with Crippen molar-refractivity contribution in [3.05, 3.63) is 58.9 Å². The number of carbonyl (C=O) groups excluding carboxylic acids is 1. The van der Waals surface area contributed by atoms with Crippen molar-refractivity contribution >= 4 is 17.3 Å². The summed E-state index contributed by atoms with van der Waals surface area (Å²) in [5.41, 5.74) is 5.82. The number of rotatable bonds is 2. The van der Waals surface area contributed by atoms with Gasteiger partial charge in [0.1, 0.15) is 0 Å². The maximum atomic E-state index is 13.1. The number of nitrogens with two attached hydrogens (primary N) is 1. The van der Waals surface area contributed by atoms with Crippen LogP contribution in [0.15, 0.2) is 30.3 Å². The molecule has 0 aromatic heterocycles. The molecule has 0 radical (unpaired) electrons. The van der Waals surface area contributed by atoms with Gasteiger partial charge in [-0.3, -0.25) is 4.79 Å². The molecular weight excluding hydrogens is 283 g/mol. The summed E-state index contributed by atoms with van der Waals surface area (Å²) in [4.78, 5) is 11.8. The van der Waals surface area contributed by atoms with Crippen LogP contribution < -0.4 is 11.1 Å². The number of anilines is 2. The fraction of sp³-hybridized carbons (Fsp3) is 0. The van der Waals surface area contributed by atoms with Crippen LogP contribution in [0.5, 0.6) is 0 Å². The second-order valence-electron chi connectivity index (χ2n) is 4.12. The summed E-state index contributed by atoms with van der Waals surface area (Å²) in [7, 11) is 0. The van der Waals surface area contributed by atoms with Crippen molar-refractivity contribution in [2.45, 2.75) is 0 Å². The van der Waals surface area contributed by atoms with E-state index in [-0.39, 0.29) is 11.4 Å². The molecule has 2 aromatic rings. The van der Waals surface area contributed by atoms with E-state index in [2.05, 4.69) is 5.32 Å². The summed E-state index contributed by atoms with van der Waals surface area (Å²) in [6.45, 7) is 0. The Hall–Kier alpha value is -3.01. The van der Waals surface area contributed by atoms with E-state index in [1.54, 1.807) is 0 Å². The van der Waals surface area contributed by atoms with Crippen LogP contribution in [0.3, 0.4) is 0 Å². The van der Waals surface area contributed by atoms with Gasteiger partial charge in [0.25, 0.3) is 5.91 Å². The summed E-state index contributed by atoms with van der Waals surface area (Å²) < 4.78 is 38.9. The number of nitrogens with one attached hydrogen (secondary N) is 1. The first kappa shape index (κ1) is 14.4. The third-order valence-corrected chi connectivity index (χ3v) is 2.67. The molecule has 2 rings (SSSR count). The smallest absolute Gasteiger partial charge is 0.255 e. The van der Waals surface area contributed by atoms with Gasteiger partial charge in [-0.15, -0.1) is 0 Å². The Morgan fingerprint density at radius 2 is 1.76 bits per heavy atom. The topological polar surface area (TPSA) is 78.9 Å². The van der Waals surface area contributed by atoms with Crippen LogP contribution >= 0.6 is 0 Å². The molecule has 0 heterocycles. The molecule has 0 spiro atoms. The summed E-state index contributed by atoms with van der Waals surface area (Å²) in [6, 6.07) is 7.15. The lowest BCUT2D eigenvalue weighted by molar-refractivity contribution is 0.102. The molecule has 0 aliphatic carbocycles. The number of benzene rings is 2. The average molecular weight is 291 g/mol. The molecule has 0 atom stereocenters. The van der Waals surface area contributed by atoms with Crippen molar-refractivity contribution in [1.82, 2.24) is 0 Å². The maximum absolute atomic E-state index is 13.1. The summed E-state index contributed by atoms with van der Waals surface area (Å²) in [5.74, 6) is -5.44. The Labute approximate surface area is 117 Å². The lowest BCUT2D eigenvalue weighted by Crippen LogP contribution is -2.14. The monoisotopic (exact) mass is 291 g/mol. The van der Waals surface area contributed by atoms with Crippen LogP contribution in [0.2, 0.25) is 0 Å². The van der Waals surface area contributed by atoms with E-state index < -0.39 is 28.9 Å². The summed E-state index contributed by atoms with van der Waals surface area (Å²) in [5, 5.41) is 11.0. The van der Waals surface area contributed by atoms with Crippen molar-refractivity contribution in [1.29, 1.82) is 5.26 Å². The predicted molar refractivity (Wildman–Crippen MR) is 69.8 cm³/mol. The fourth-order valence-corrected chi connectivity index (χ4v) is 1.63. The highest BCUT2D eigenvalue weighted by molar-refractivity contribution is 6.05. The Morgan fingerprint density at radius 3 is 2.29 bits per heavy atom. The summed E-state index contributed by atoms with van der Waals surface area (Å²) in [6.07, 6.45) is 0. The highest BCUT2D eigenvalue weighted by atomic mass is 19.2. The molecule has 0 aliphatic heterocycles. The number of hydrogen-bond acceptors (Lipinski definition) is 3. The van der Waals surface area contributed by atoms with Gasteiger partial charge < -0.3 is 11.1 Å². The minimum Gasteiger partial charge on any atom is -0.397 e. The second kappa shape index (κ2) is 5.54. The lowest BCUT2D eigenvalue weighted by Gasteiger charge is -2.09. The first-order valence-corrected chi connectivity index (χ1v) is 5.68. The Balaban J connectivity index is 2.28. The SMILES string of the molecule is N#Cc1ccc(NC(=O)c2cc(F)c(F)c(F)c2)c(N)c1. The normalized spacial score (nSPS) is 10.0. The van der Waals surface area contributed by atoms with Crippen molar-refractivity contribution in [3.63, 3.8) is 0 Å². The van der Waals surface area contributed by atoms with Crippen molar-refractivity contribution in [3.8, 4) is 6.07 Å². The van der Waals surface area contributed by atoms with E-state index in [4.69, 9.17) is 11.0 Å². The number of halogens is 3.